The van der Waals surface area contributed by atoms with E-state index in [0.29, 0.717) is 0 Å². The summed E-state index contributed by atoms with van der Waals surface area (Å²) in [5, 5.41) is 0. The Bertz CT molecular complexity index is 291. The minimum Gasteiger partial charge on any atom is -0.306 e. The first-order valence-corrected chi connectivity index (χ1v) is 6.00. The summed E-state index contributed by atoms with van der Waals surface area (Å²) in [6.07, 6.45) is 5.50. The summed E-state index contributed by atoms with van der Waals surface area (Å²) in [5.74, 6) is 0.745. The van der Waals surface area contributed by atoms with E-state index in [0.717, 1.165) is 12.0 Å². The van der Waals surface area contributed by atoms with E-state index in [4.69, 9.17) is 0 Å². The molecule has 1 aliphatic carbocycles. The number of hydrogen-bond donors (Lipinski definition) is 0. The molecule has 1 saturated carbocycles. The van der Waals surface area contributed by atoms with Crippen LogP contribution in [-0.4, -0.2) is 25.0 Å². The summed E-state index contributed by atoms with van der Waals surface area (Å²) in [6.45, 7) is 0. The maximum atomic E-state index is 2.40. The predicted molar refractivity (Wildman–Crippen MR) is 65.1 cm³/mol. The van der Waals surface area contributed by atoms with E-state index in [1.807, 2.05) is 0 Å². The van der Waals surface area contributed by atoms with Crippen LogP contribution in [0.25, 0.3) is 0 Å². The topological polar surface area (TPSA) is 3.24 Å². The minimum absolute atomic E-state index is 0.737. The van der Waals surface area contributed by atoms with Crippen molar-refractivity contribution < 1.29 is 0 Å². The first-order chi connectivity index (χ1) is 7.29. The van der Waals surface area contributed by atoms with Gasteiger partial charge in [-0.2, -0.15) is 0 Å². The molecule has 0 aromatic heterocycles. The van der Waals surface area contributed by atoms with Gasteiger partial charge in [0.1, 0.15) is 0 Å². The smallest absolute Gasteiger partial charge is 0.0158 e. The quantitative estimate of drug-likeness (QED) is 0.713. The first-order valence-electron chi connectivity index (χ1n) is 6.00. The molecule has 0 aliphatic heterocycles. The predicted octanol–water partition coefficient (Wildman–Crippen LogP) is 3.27. The number of hydrogen-bond acceptors (Lipinski definition) is 1. The van der Waals surface area contributed by atoms with Gasteiger partial charge in [-0.05, 0) is 38.4 Å². The Balaban J connectivity index is 2.18. The zero-order chi connectivity index (χ0) is 10.7. The highest BCUT2D eigenvalue weighted by atomic mass is 15.1. The normalized spacial score (nSPS) is 26.9. The molecule has 2 unspecified atom stereocenters. The Morgan fingerprint density at radius 3 is 2.33 bits per heavy atom. The molecule has 82 valence electrons. The maximum absolute atomic E-state index is 2.40. The Morgan fingerprint density at radius 1 is 1.00 bits per heavy atom. The van der Waals surface area contributed by atoms with E-state index < -0.39 is 0 Å². The summed E-state index contributed by atoms with van der Waals surface area (Å²) < 4.78 is 0. The molecular formula is C14H21N. The highest BCUT2D eigenvalue weighted by Gasteiger charge is 2.27. The molecule has 0 spiro atoms. The number of rotatable bonds is 2. The molecule has 0 radical (unpaired) electrons. The Morgan fingerprint density at radius 2 is 1.67 bits per heavy atom. The second-order valence-electron chi connectivity index (χ2n) is 4.83. The van der Waals surface area contributed by atoms with E-state index in [9.17, 15) is 0 Å². The van der Waals surface area contributed by atoms with Crippen LogP contribution in [0.1, 0.15) is 37.2 Å². The van der Waals surface area contributed by atoms with Crippen LogP contribution < -0.4 is 0 Å². The van der Waals surface area contributed by atoms with Crippen LogP contribution in [0.4, 0.5) is 0 Å². The molecule has 1 aromatic rings. The molecule has 0 saturated heterocycles. The summed E-state index contributed by atoms with van der Waals surface area (Å²) in [5.41, 5.74) is 1.52. The number of nitrogens with zero attached hydrogens (tertiary/aromatic N) is 1. The van der Waals surface area contributed by atoms with E-state index >= 15 is 0 Å². The summed E-state index contributed by atoms with van der Waals surface area (Å²) >= 11 is 0. The van der Waals surface area contributed by atoms with Gasteiger partial charge in [0, 0.05) is 6.04 Å². The van der Waals surface area contributed by atoms with Crippen LogP contribution in [0.3, 0.4) is 0 Å². The van der Waals surface area contributed by atoms with Gasteiger partial charge in [-0.25, -0.2) is 0 Å². The van der Waals surface area contributed by atoms with Crippen molar-refractivity contribution >= 4 is 0 Å². The van der Waals surface area contributed by atoms with Crippen LogP contribution in [0.2, 0.25) is 0 Å². The lowest BCUT2D eigenvalue weighted by Crippen LogP contribution is -2.36. The molecule has 2 rings (SSSR count). The Hall–Kier alpha value is -0.820. The molecule has 0 amide bonds. The average molecular weight is 203 g/mol. The third kappa shape index (κ3) is 2.40. The third-order valence-corrected chi connectivity index (χ3v) is 3.62. The molecule has 0 heterocycles. The van der Waals surface area contributed by atoms with E-state index in [2.05, 4.69) is 49.3 Å². The van der Waals surface area contributed by atoms with Gasteiger partial charge in [-0.1, -0.05) is 43.2 Å². The maximum Gasteiger partial charge on any atom is 0.0158 e. The molecule has 1 aromatic carbocycles. The second kappa shape index (κ2) is 4.80. The van der Waals surface area contributed by atoms with Gasteiger partial charge < -0.3 is 4.90 Å². The van der Waals surface area contributed by atoms with Crippen molar-refractivity contribution in [2.24, 2.45) is 0 Å². The molecule has 1 heteroatoms. The molecule has 15 heavy (non-hydrogen) atoms. The fourth-order valence-corrected chi connectivity index (χ4v) is 2.82. The van der Waals surface area contributed by atoms with Crippen molar-refractivity contribution in [3.63, 3.8) is 0 Å². The summed E-state index contributed by atoms with van der Waals surface area (Å²) in [4.78, 5) is 2.40. The van der Waals surface area contributed by atoms with E-state index in [1.165, 1.54) is 31.2 Å². The Labute approximate surface area is 93.1 Å². The van der Waals surface area contributed by atoms with Crippen molar-refractivity contribution in [1.29, 1.82) is 0 Å². The fourth-order valence-electron chi connectivity index (χ4n) is 2.82. The average Bonchev–Trinajstić information content (AvgIpc) is 2.30. The van der Waals surface area contributed by atoms with Crippen molar-refractivity contribution in [3.8, 4) is 0 Å². The highest BCUT2D eigenvalue weighted by molar-refractivity contribution is 5.21. The van der Waals surface area contributed by atoms with Gasteiger partial charge in [0.25, 0.3) is 0 Å². The van der Waals surface area contributed by atoms with Crippen molar-refractivity contribution in [2.45, 2.75) is 37.6 Å². The number of likely N-dealkylation sites (N-methyl/N-ethyl adjacent to an activating group) is 1. The summed E-state index contributed by atoms with van der Waals surface area (Å²) in [7, 11) is 4.43. The van der Waals surface area contributed by atoms with Gasteiger partial charge in [0.2, 0.25) is 0 Å². The van der Waals surface area contributed by atoms with Gasteiger partial charge in [-0.15, -0.1) is 0 Å². The van der Waals surface area contributed by atoms with Crippen molar-refractivity contribution in [3.05, 3.63) is 35.9 Å². The first kappa shape index (κ1) is 10.7. The summed E-state index contributed by atoms with van der Waals surface area (Å²) in [6, 6.07) is 11.7. The zero-order valence-corrected chi connectivity index (χ0v) is 9.82. The van der Waals surface area contributed by atoms with Gasteiger partial charge in [-0.3, -0.25) is 0 Å². The second-order valence-corrected chi connectivity index (χ2v) is 4.83. The lowest BCUT2D eigenvalue weighted by molar-refractivity contribution is 0.199. The van der Waals surface area contributed by atoms with Gasteiger partial charge in [0.05, 0.1) is 0 Å². The molecule has 2 atom stereocenters. The lowest BCUT2D eigenvalue weighted by Gasteiger charge is -2.36. The molecule has 1 nitrogen and oxygen atoms in total. The Kier molecular flexibility index (Phi) is 3.42. The standard InChI is InChI=1S/C14H21N/c1-15(2)14-11-7-6-10-13(14)12-8-4-3-5-9-12/h3-5,8-9,13-14H,6-7,10-11H2,1-2H3. The molecule has 1 aliphatic rings. The van der Waals surface area contributed by atoms with Gasteiger partial charge >= 0.3 is 0 Å². The minimum atomic E-state index is 0.737. The molecule has 0 N–H and O–H groups in total. The number of benzene rings is 1. The molecule has 0 bridgehead atoms. The lowest BCUT2D eigenvalue weighted by atomic mass is 9.79. The van der Waals surface area contributed by atoms with Crippen LogP contribution >= 0.6 is 0 Å². The SMILES string of the molecule is CN(C)C1CCCCC1c1ccccc1. The molecular weight excluding hydrogens is 182 g/mol. The van der Waals surface area contributed by atoms with Crippen molar-refractivity contribution in [1.82, 2.24) is 4.90 Å². The highest BCUT2D eigenvalue weighted by Crippen LogP contribution is 2.34. The van der Waals surface area contributed by atoms with E-state index in [1.54, 1.807) is 0 Å². The van der Waals surface area contributed by atoms with Crippen LogP contribution in [0.5, 0.6) is 0 Å². The third-order valence-electron chi connectivity index (χ3n) is 3.62. The van der Waals surface area contributed by atoms with Crippen LogP contribution in [0, 0.1) is 0 Å². The zero-order valence-electron chi connectivity index (χ0n) is 9.82. The van der Waals surface area contributed by atoms with Gasteiger partial charge in [0.15, 0.2) is 0 Å². The van der Waals surface area contributed by atoms with Crippen LogP contribution in [0.15, 0.2) is 30.3 Å². The van der Waals surface area contributed by atoms with E-state index in [-0.39, 0.29) is 0 Å². The molecule has 1 fully saturated rings. The monoisotopic (exact) mass is 203 g/mol. The van der Waals surface area contributed by atoms with Crippen molar-refractivity contribution in [2.75, 3.05) is 14.1 Å². The fraction of sp³-hybridized carbons (Fsp3) is 0.571. The largest absolute Gasteiger partial charge is 0.306 e. The van der Waals surface area contributed by atoms with Crippen LogP contribution in [-0.2, 0) is 0 Å².